The molecule has 0 saturated carbocycles. The molecule has 0 radical (unpaired) electrons. The van der Waals surface area contributed by atoms with E-state index in [0.717, 1.165) is 25.3 Å². The zero-order chi connectivity index (χ0) is 25.3. The van der Waals surface area contributed by atoms with E-state index in [4.69, 9.17) is 30.5 Å². The van der Waals surface area contributed by atoms with Crippen LogP contribution in [0.3, 0.4) is 0 Å². The largest absolute Gasteiger partial charge is 0.456 e. The number of esters is 3. The van der Waals surface area contributed by atoms with Gasteiger partial charge in [0.25, 0.3) is 5.56 Å². The summed E-state index contributed by atoms with van der Waals surface area (Å²) in [5, 5.41) is -0.225. The van der Waals surface area contributed by atoms with Gasteiger partial charge in [-0.1, -0.05) is 0 Å². The first kappa shape index (κ1) is 25.4. The van der Waals surface area contributed by atoms with E-state index in [1.807, 2.05) is 0 Å². The Balaban J connectivity index is 2.27. The summed E-state index contributed by atoms with van der Waals surface area (Å²) in [6, 6.07) is 0. The molecule has 34 heavy (non-hydrogen) atoms. The highest BCUT2D eigenvalue weighted by atomic mass is 35.5. The molecule has 1 aliphatic heterocycles. The van der Waals surface area contributed by atoms with Gasteiger partial charge in [-0.2, -0.15) is 0 Å². The Kier molecular flexibility index (Phi) is 7.46. The molecule has 0 unspecified atom stereocenters. The van der Waals surface area contributed by atoms with Crippen molar-refractivity contribution >= 4 is 40.7 Å². The van der Waals surface area contributed by atoms with Crippen LogP contribution in [0.25, 0.3) is 11.2 Å². The van der Waals surface area contributed by atoms with Crippen LogP contribution < -0.4 is 11.2 Å². The number of fused-ring (bicyclic) bond motifs is 1. The summed E-state index contributed by atoms with van der Waals surface area (Å²) in [4.78, 5) is 65.4. The standard InChI is InChI=1S/C20H25ClN4O9/c1-6-23-16-13(17(29)24(7-2)20(23)30)22-19(21)25(16)18-15(34-11(5)28)14(33-10(4)27)12(8-31-18)32-9(3)26/h12,14-15,18H,6-8H2,1-5H3/t12-,14-,15+,18-/m1/s1. The molecule has 0 spiro atoms. The molecule has 2 aromatic rings. The first-order chi connectivity index (χ1) is 16.0. The lowest BCUT2D eigenvalue weighted by Crippen LogP contribution is -2.55. The molecule has 4 atom stereocenters. The number of halogens is 1. The summed E-state index contributed by atoms with van der Waals surface area (Å²) in [6.45, 7) is 6.79. The summed E-state index contributed by atoms with van der Waals surface area (Å²) < 4.78 is 25.4. The summed E-state index contributed by atoms with van der Waals surface area (Å²) in [7, 11) is 0. The molecule has 3 heterocycles. The second-order valence-electron chi connectivity index (χ2n) is 7.52. The Bertz CT molecular complexity index is 1250. The van der Waals surface area contributed by atoms with Crippen molar-refractivity contribution in [2.24, 2.45) is 0 Å². The average molecular weight is 501 g/mol. The predicted molar refractivity (Wildman–Crippen MR) is 116 cm³/mol. The number of hydrogen-bond acceptors (Lipinski definition) is 10. The average Bonchev–Trinajstić information content (AvgIpc) is 3.07. The van der Waals surface area contributed by atoms with E-state index in [1.54, 1.807) is 13.8 Å². The molecule has 14 heteroatoms. The maximum absolute atomic E-state index is 12.9. The van der Waals surface area contributed by atoms with Gasteiger partial charge in [-0.3, -0.25) is 32.9 Å². The molecule has 0 N–H and O–H groups in total. The van der Waals surface area contributed by atoms with Crippen molar-refractivity contribution in [3.63, 3.8) is 0 Å². The van der Waals surface area contributed by atoms with Crippen LogP contribution in [0.15, 0.2) is 9.59 Å². The minimum absolute atomic E-state index is 0.0434. The van der Waals surface area contributed by atoms with E-state index in [0.29, 0.717) is 0 Å². The Morgan fingerprint density at radius 1 is 0.971 bits per heavy atom. The van der Waals surface area contributed by atoms with Crippen molar-refractivity contribution in [2.75, 3.05) is 6.61 Å². The Morgan fingerprint density at radius 3 is 2.06 bits per heavy atom. The van der Waals surface area contributed by atoms with Crippen LogP contribution in [-0.4, -0.2) is 61.5 Å². The molecule has 13 nitrogen and oxygen atoms in total. The van der Waals surface area contributed by atoms with E-state index in [9.17, 15) is 24.0 Å². The second kappa shape index (κ2) is 9.97. The molecule has 0 aliphatic carbocycles. The van der Waals surface area contributed by atoms with Crippen LogP contribution in [0.4, 0.5) is 0 Å². The highest BCUT2D eigenvalue weighted by Gasteiger charge is 2.49. The zero-order valence-corrected chi connectivity index (χ0v) is 20.0. The molecule has 1 saturated heterocycles. The maximum Gasteiger partial charge on any atom is 0.332 e. The number of aromatic nitrogens is 4. The van der Waals surface area contributed by atoms with Gasteiger partial charge in [0.05, 0.1) is 6.61 Å². The monoisotopic (exact) mass is 500 g/mol. The van der Waals surface area contributed by atoms with E-state index in [1.165, 1.54) is 9.13 Å². The van der Waals surface area contributed by atoms with Gasteiger partial charge >= 0.3 is 23.6 Å². The van der Waals surface area contributed by atoms with E-state index >= 15 is 0 Å². The van der Waals surface area contributed by atoms with Crippen LogP contribution in [0.5, 0.6) is 0 Å². The van der Waals surface area contributed by atoms with Crippen LogP contribution in [0.1, 0.15) is 40.8 Å². The molecule has 2 aromatic heterocycles. The number of nitrogens with zero attached hydrogens (tertiary/aromatic N) is 4. The Labute approximate surface area is 198 Å². The topological polar surface area (TPSA) is 150 Å². The van der Waals surface area contributed by atoms with Crippen molar-refractivity contribution < 1.29 is 33.3 Å². The maximum atomic E-state index is 12.9. The third kappa shape index (κ3) is 4.57. The summed E-state index contributed by atoms with van der Waals surface area (Å²) >= 11 is 6.40. The highest BCUT2D eigenvalue weighted by molar-refractivity contribution is 6.29. The lowest BCUT2D eigenvalue weighted by Gasteiger charge is -2.41. The van der Waals surface area contributed by atoms with Gasteiger partial charge in [0, 0.05) is 33.9 Å². The molecule has 0 amide bonds. The third-order valence-electron chi connectivity index (χ3n) is 5.22. The number of imidazole rings is 1. The van der Waals surface area contributed by atoms with Crippen molar-refractivity contribution in [1.82, 2.24) is 18.7 Å². The van der Waals surface area contributed by atoms with E-state index < -0.39 is 53.7 Å². The van der Waals surface area contributed by atoms with E-state index in [-0.39, 0.29) is 36.1 Å². The Morgan fingerprint density at radius 2 is 1.53 bits per heavy atom. The van der Waals surface area contributed by atoms with Crippen molar-refractivity contribution in [1.29, 1.82) is 0 Å². The fourth-order valence-corrected chi connectivity index (χ4v) is 4.24. The fraction of sp³-hybridized carbons (Fsp3) is 0.600. The van der Waals surface area contributed by atoms with Crippen LogP contribution in [-0.2, 0) is 46.4 Å². The lowest BCUT2D eigenvalue weighted by molar-refractivity contribution is -0.239. The number of carbonyl (C=O) groups is 3. The highest BCUT2D eigenvalue weighted by Crippen LogP contribution is 2.34. The molecule has 0 aromatic carbocycles. The predicted octanol–water partition coefficient (Wildman–Crippen LogP) is 0.377. The molecular weight excluding hydrogens is 476 g/mol. The van der Waals surface area contributed by atoms with Gasteiger partial charge in [0.1, 0.15) is 0 Å². The number of aryl methyl sites for hydroxylation is 1. The summed E-state index contributed by atoms with van der Waals surface area (Å²) in [5.74, 6) is -2.14. The van der Waals surface area contributed by atoms with Crippen LogP contribution in [0, 0.1) is 0 Å². The smallest absolute Gasteiger partial charge is 0.332 e. The second-order valence-corrected chi connectivity index (χ2v) is 7.86. The van der Waals surface area contributed by atoms with Crippen molar-refractivity contribution in [3.8, 4) is 0 Å². The van der Waals surface area contributed by atoms with Crippen molar-refractivity contribution in [2.45, 2.75) is 72.2 Å². The van der Waals surface area contributed by atoms with Crippen molar-refractivity contribution in [3.05, 3.63) is 26.1 Å². The molecule has 186 valence electrons. The number of hydrogen-bond donors (Lipinski definition) is 0. The SMILES string of the molecule is CCn1c(=O)c2nc(Cl)n([C@@H]3OC[C@@H](OC(C)=O)[C@@H](OC(C)=O)[C@@H]3OC(C)=O)c2n(CC)c1=O. The fourth-order valence-electron chi connectivity index (χ4n) is 3.98. The number of rotatable bonds is 6. The lowest BCUT2D eigenvalue weighted by atomic mass is 10.0. The minimum atomic E-state index is -1.36. The van der Waals surface area contributed by atoms with Crippen LogP contribution >= 0.6 is 11.6 Å². The first-order valence-electron chi connectivity index (χ1n) is 10.6. The van der Waals surface area contributed by atoms with E-state index in [2.05, 4.69) is 4.98 Å². The van der Waals surface area contributed by atoms with Gasteiger partial charge in [-0.05, 0) is 25.4 Å². The molecule has 3 rings (SSSR count). The minimum Gasteiger partial charge on any atom is -0.456 e. The van der Waals surface area contributed by atoms with Gasteiger partial charge in [-0.25, -0.2) is 9.78 Å². The molecule has 1 fully saturated rings. The number of ether oxygens (including phenoxy) is 4. The third-order valence-corrected chi connectivity index (χ3v) is 5.49. The molecular formula is C20H25ClN4O9. The summed E-state index contributed by atoms with van der Waals surface area (Å²) in [5.41, 5.74) is -1.29. The zero-order valence-electron chi connectivity index (χ0n) is 19.3. The van der Waals surface area contributed by atoms with Gasteiger partial charge < -0.3 is 18.9 Å². The molecule has 0 bridgehead atoms. The Hall–Kier alpha value is -3.19. The first-order valence-corrected chi connectivity index (χ1v) is 10.9. The summed E-state index contributed by atoms with van der Waals surface area (Å²) in [6.07, 6.45) is -4.99. The van der Waals surface area contributed by atoms with Gasteiger partial charge in [0.15, 0.2) is 35.7 Å². The normalized spacial score (nSPS) is 22.4. The van der Waals surface area contributed by atoms with Crippen LogP contribution in [0.2, 0.25) is 5.28 Å². The van der Waals surface area contributed by atoms with Gasteiger partial charge in [0.2, 0.25) is 5.28 Å². The van der Waals surface area contributed by atoms with Gasteiger partial charge in [-0.15, -0.1) is 0 Å². The quantitative estimate of drug-likeness (QED) is 0.309. The number of carbonyl (C=O) groups excluding carboxylic acids is 3. The molecule has 1 aliphatic rings.